The van der Waals surface area contributed by atoms with Crippen LogP contribution in [0.25, 0.3) is 28.3 Å². The predicted molar refractivity (Wildman–Crippen MR) is 234 cm³/mol. The smallest absolute Gasteiger partial charge is 0.216 e. The third kappa shape index (κ3) is 9.31. The number of allylic oxidation sites excluding steroid dienone is 7. The molecule has 0 bridgehead atoms. The summed E-state index contributed by atoms with van der Waals surface area (Å²) in [4.78, 5) is 36.8. The van der Waals surface area contributed by atoms with Crippen LogP contribution in [0.3, 0.4) is 0 Å². The number of ketones is 3. The van der Waals surface area contributed by atoms with Gasteiger partial charge in [-0.2, -0.15) is 9.13 Å². The Morgan fingerprint density at radius 2 is 0.836 bits per heavy atom. The summed E-state index contributed by atoms with van der Waals surface area (Å²) in [5.41, 5.74) is 12.9. The molecule has 2 aromatic heterocycles. The SMILES string of the molecule is CCc1cccc(CC)c1-[n+]1ccc(-c2cc[n+](-c3c(CC)cccc3CC)cc2)cc1.O=C1C(=CC=CC=CC2=C(O)c3ccccc3C2=O)C(=O)c2ccccc21.[Cl-].[Cl-]. The molecule has 61 heavy (non-hydrogen) atoms. The highest BCUT2D eigenvalue weighted by Gasteiger charge is 2.32. The molecule has 0 amide bonds. The second-order valence-electron chi connectivity index (χ2n) is 14.4. The molecule has 0 spiro atoms. The third-order valence-corrected chi connectivity index (χ3v) is 11.0. The summed E-state index contributed by atoms with van der Waals surface area (Å²) in [6.07, 6.45) is 20.7. The molecule has 8 rings (SSSR count). The Hall–Kier alpha value is -6.47. The maximum atomic E-state index is 12.3. The predicted octanol–water partition coefficient (Wildman–Crippen LogP) is 4.43. The van der Waals surface area contributed by atoms with Gasteiger partial charge >= 0.3 is 0 Å². The first-order chi connectivity index (χ1) is 28.8. The van der Waals surface area contributed by atoms with Crippen LogP contribution in [0, 0.1) is 0 Å². The summed E-state index contributed by atoms with van der Waals surface area (Å²) in [7, 11) is 0. The molecule has 2 aliphatic carbocycles. The highest BCUT2D eigenvalue weighted by atomic mass is 35.5. The number of aliphatic hydroxyl groups excluding tert-OH is 1. The summed E-state index contributed by atoms with van der Waals surface area (Å²) >= 11 is 0. The molecule has 0 saturated heterocycles. The molecule has 1 N–H and O–H groups in total. The fourth-order valence-corrected chi connectivity index (χ4v) is 7.86. The van der Waals surface area contributed by atoms with Gasteiger partial charge in [-0.05, 0) is 49.0 Å². The number of benzene rings is 4. The Labute approximate surface area is 370 Å². The number of carbonyl (C=O) groups is 3. The number of aliphatic hydroxyl groups is 1. The Morgan fingerprint density at radius 3 is 1.21 bits per heavy atom. The van der Waals surface area contributed by atoms with Crippen LogP contribution in [0.1, 0.15) is 86.6 Å². The summed E-state index contributed by atoms with van der Waals surface area (Å²) in [6.45, 7) is 8.92. The van der Waals surface area contributed by atoms with Gasteiger partial charge in [-0.3, -0.25) is 14.4 Å². The lowest BCUT2D eigenvalue weighted by Crippen LogP contribution is -3.00. The number of Topliss-reactive ketones (excluding diaryl/α,β-unsaturated/α-hetero) is 3. The van der Waals surface area contributed by atoms with Crippen LogP contribution in [0.4, 0.5) is 0 Å². The van der Waals surface area contributed by atoms with E-state index in [1.54, 1.807) is 66.8 Å². The molecule has 0 saturated carbocycles. The minimum atomic E-state index is -0.286. The Balaban J connectivity index is 0.000000226. The van der Waals surface area contributed by atoms with E-state index in [2.05, 4.69) is 122 Å². The second-order valence-corrected chi connectivity index (χ2v) is 14.4. The highest BCUT2D eigenvalue weighted by molar-refractivity contribution is 6.39. The average Bonchev–Trinajstić information content (AvgIpc) is 3.68. The van der Waals surface area contributed by atoms with Crippen molar-refractivity contribution < 1.29 is 53.4 Å². The van der Waals surface area contributed by atoms with E-state index in [-0.39, 0.29) is 59.1 Å². The molecular formula is C53H48Cl2N2O4. The highest BCUT2D eigenvalue weighted by Crippen LogP contribution is 2.31. The number of hydrogen-bond donors (Lipinski definition) is 1. The zero-order valence-electron chi connectivity index (χ0n) is 34.7. The van der Waals surface area contributed by atoms with Crippen molar-refractivity contribution in [2.45, 2.75) is 53.4 Å². The lowest BCUT2D eigenvalue weighted by molar-refractivity contribution is -0.597. The first-order valence-electron chi connectivity index (χ1n) is 20.4. The molecule has 0 fully saturated rings. The number of fused-ring (bicyclic) bond motifs is 2. The molecule has 0 aliphatic heterocycles. The normalized spacial score (nSPS) is 12.9. The summed E-state index contributed by atoms with van der Waals surface area (Å²) < 4.78 is 4.55. The van der Waals surface area contributed by atoms with Crippen LogP contribution < -0.4 is 33.9 Å². The average molecular weight is 848 g/mol. The molecule has 2 aliphatic rings. The van der Waals surface area contributed by atoms with Crippen molar-refractivity contribution in [1.82, 2.24) is 0 Å². The molecule has 4 aromatic carbocycles. The number of hydrogen-bond acceptors (Lipinski definition) is 4. The lowest BCUT2D eigenvalue weighted by atomic mass is 10.0. The van der Waals surface area contributed by atoms with Crippen molar-refractivity contribution in [3.05, 3.63) is 220 Å². The minimum Gasteiger partial charge on any atom is -1.00 e. The fourth-order valence-electron chi connectivity index (χ4n) is 7.86. The number of para-hydroxylation sites is 2. The number of rotatable bonds is 10. The van der Waals surface area contributed by atoms with Crippen LogP contribution in [0.5, 0.6) is 0 Å². The van der Waals surface area contributed by atoms with Gasteiger partial charge < -0.3 is 29.9 Å². The first-order valence-corrected chi connectivity index (χ1v) is 20.4. The van der Waals surface area contributed by atoms with Gasteiger partial charge in [0.15, 0.2) is 42.1 Å². The molecule has 2 heterocycles. The van der Waals surface area contributed by atoms with Crippen LogP contribution in [-0.4, -0.2) is 22.5 Å². The first kappa shape index (κ1) is 45.6. The number of nitrogens with zero attached hydrogens (tertiary/aromatic N) is 2. The van der Waals surface area contributed by atoms with Gasteiger partial charge in [0.1, 0.15) is 5.76 Å². The van der Waals surface area contributed by atoms with E-state index in [9.17, 15) is 19.5 Å². The van der Waals surface area contributed by atoms with E-state index in [4.69, 9.17) is 0 Å². The van der Waals surface area contributed by atoms with Crippen molar-refractivity contribution in [2.75, 3.05) is 0 Å². The summed E-state index contributed by atoms with van der Waals surface area (Å²) in [6, 6.07) is 35.8. The van der Waals surface area contributed by atoms with Gasteiger partial charge in [-0.1, -0.05) is 131 Å². The van der Waals surface area contributed by atoms with Crippen molar-refractivity contribution in [3.63, 3.8) is 0 Å². The molecule has 8 heteroatoms. The number of aryl methyl sites for hydroxylation is 4. The molecule has 0 radical (unpaired) electrons. The Kier molecular flexibility index (Phi) is 15.5. The van der Waals surface area contributed by atoms with E-state index in [1.807, 2.05) is 0 Å². The van der Waals surface area contributed by atoms with Crippen molar-refractivity contribution in [3.8, 4) is 22.5 Å². The van der Waals surface area contributed by atoms with Crippen LogP contribution in [-0.2, 0) is 25.7 Å². The number of aromatic nitrogens is 2. The second kappa shape index (κ2) is 20.7. The topological polar surface area (TPSA) is 79.2 Å². The standard InChI is InChI=1S/C30H34N2.C23H14O4.2ClH/c1-5-23-11-9-12-24(6-2)29(23)31-19-15-27(16-20-31)28-17-21-32(22-18-28)30-25(7-3)13-10-14-26(30)8-4;24-20-14-8-4-5-9-15(14)21(25)18(20)12-2-1-3-13-19-22(26)16-10-6-7-11-17(16)23(19)27;;/h9-22H,5-8H2,1-4H3;1-13,24H;2*1H/q+2;;;/p-2. The Bertz CT molecular complexity index is 2530. The minimum absolute atomic E-state index is 0. The zero-order valence-corrected chi connectivity index (χ0v) is 36.3. The molecule has 0 unspecified atom stereocenters. The quantitative estimate of drug-likeness (QED) is 0.0959. The van der Waals surface area contributed by atoms with Gasteiger partial charge in [0, 0.05) is 68.8 Å². The Morgan fingerprint density at radius 1 is 0.459 bits per heavy atom. The van der Waals surface area contributed by atoms with Gasteiger partial charge in [0.2, 0.25) is 11.4 Å². The van der Waals surface area contributed by atoms with Crippen LogP contribution >= 0.6 is 0 Å². The van der Waals surface area contributed by atoms with Gasteiger partial charge in [0.05, 0.1) is 11.1 Å². The van der Waals surface area contributed by atoms with Crippen LogP contribution in [0.2, 0.25) is 0 Å². The summed E-state index contributed by atoms with van der Waals surface area (Å²) in [5.74, 6) is -0.852. The number of carbonyl (C=O) groups excluding carboxylic acids is 3. The van der Waals surface area contributed by atoms with E-state index in [0.717, 1.165) is 25.7 Å². The van der Waals surface area contributed by atoms with E-state index in [0.29, 0.717) is 22.3 Å². The van der Waals surface area contributed by atoms with Crippen molar-refractivity contribution >= 4 is 23.1 Å². The lowest BCUT2D eigenvalue weighted by Gasteiger charge is -2.09. The monoisotopic (exact) mass is 846 g/mol. The van der Waals surface area contributed by atoms with Crippen molar-refractivity contribution in [2.24, 2.45) is 0 Å². The molecule has 0 atom stereocenters. The van der Waals surface area contributed by atoms with E-state index >= 15 is 0 Å². The number of halogens is 2. The maximum Gasteiger partial charge on any atom is 0.216 e. The molecular weight excluding hydrogens is 799 g/mol. The van der Waals surface area contributed by atoms with Crippen LogP contribution in [0.15, 0.2) is 176 Å². The van der Waals surface area contributed by atoms with Crippen molar-refractivity contribution in [1.29, 1.82) is 0 Å². The number of pyridine rings is 2. The molecule has 6 aromatic rings. The fraction of sp³-hybridized carbons (Fsp3) is 0.151. The molecule has 6 nitrogen and oxygen atoms in total. The van der Waals surface area contributed by atoms with Gasteiger partial charge in [-0.25, -0.2) is 0 Å². The maximum absolute atomic E-state index is 12.3. The van der Waals surface area contributed by atoms with Gasteiger partial charge in [-0.15, -0.1) is 0 Å². The largest absolute Gasteiger partial charge is 1.00 e. The third-order valence-electron chi connectivity index (χ3n) is 11.0. The summed E-state index contributed by atoms with van der Waals surface area (Å²) in [5, 5.41) is 10.2. The van der Waals surface area contributed by atoms with Gasteiger partial charge in [0.25, 0.3) is 0 Å². The van der Waals surface area contributed by atoms with E-state index in [1.165, 1.54) is 56.9 Å². The zero-order chi connectivity index (χ0) is 41.5. The van der Waals surface area contributed by atoms with E-state index < -0.39 is 0 Å². The molecule has 308 valence electrons.